The molecular weight excluding hydrogens is 214 g/mol. The van der Waals surface area contributed by atoms with E-state index in [-0.39, 0.29) is 12.5 Å². The first-order valence-corrected chi connectivity index (χ1v) is 5.23. The van der Waals surface area contributed by atoms with Gasteiger partial charge >= 0.3 is 0 Å². The molecule has 2 atom stereocenters. The van der Waals surface area contributed by atoms with E-state index in [0.29, 0.717) is 12.0 Å². The summed E-state index contributed by atoms with van der Waals surface area (Å²) < 4.78 is 30.6. The van der Waals surface area contributed by atoms with Crippen LogP contribution in [0, 0.1) is 11.6 Å². The van der Waals surface area contributed by atoms with Crippen molar-refractivity contribution in [1.82, 2.24) is 0 Å². The lowest BCUT2D eigenvalue weighted by atomic mass is 10.0. The molecule has 0 heterocycles. The quantitative estimate of drug-likeness (QED) is 0.841. The molecule has 0 spiro atoms. The van der Waals surface area contributed by atoms with Crippen molar-refractivity contribution < 1.29 is 18.6 Å². The van der Waals surface area contributed by atoms with E-state index in [1.807, 2.05) is 6.92 Å². The molecule has 1 aromatic carbocycles. The summed E-state index contributed by atoms with van der Waals surface area (Å²) in [7, 11) is 1.52. The van der Waals surface area contributed by atoms with Gasteiger partial charge in [-0.05, 0) is 24.1 Å². The molecule has 4 heteroatoms. The summed E-state index contributed by atoms with van der Waals surface area (Å²) in [4.78, 5) is 0. The standard InChI is InChI=1S/C12H16F2O2/c1-3-12(16-2)11(15)7-8-4-5-9(13)10(14)6-8/h4-6,11-12,15H,3,7H2,1-2H3. The first kappa shape index (κ1) is 13.1. The molecule has 1 rings (SSSR count). The van der Waals surface area contributed by atoms with Crippen molar-refractivity contribution in [2.45, 2.75) is 32.0 Å². The van der Waals surface area contributed by atoms with Crippen LogP contribution in [-0.4, -0.2) is 24.4 Å². The average molecular weight is 230 g/mol. The highest BCUT2D eigenvalue weighted by Gasteiger charge is 2.17. The van der Waals surface area contributed by atoms with Crippen LogP contribution in [0.2, 0.25) is 0 Å². The van der Waals surface area contributed by atoms with Gasteiger partial charge in [0.25, 0.3) is 0 Å². The summed E-state index contributed by atoms with van der Waals surface area (Å²) in [5.41, 5.74) is 0.557. The number of ether oxygens (including phenoxy) is 1. The van der Waals surface area contributed by atoms with Crippen LogP contribution in [0.1, 0.15) is 18.9 Å². The smallest absolute Gasteiger partial charge is 0.159 e. The van der Waals surface area contributed by atoms with Gasteiger partial charge in [-0.3, -0.25) is 0 Å². The Morgan fingerprint density at radius 3 is 2.50 bits per heavy atom. The highest BCUT2D eigenvalue weighted by molar-refractivity contribution is 5.18. The van der Waals surface area contributed by atoms with Crippen molar-refractivity contribution in [1.29, 1.82) is 0 Å². The lowest BCUT2D eigenvalue weighted by Crippen LogP contribution is -2.29. The van der Waals surface area contributed by atoms with E-state index < -0.39 is 17.7 Å². The maximum absolute atomic E-state index is 12.9. The first-order chi connectivity index (χ1) is 7.58. The van der Waals surface area contributed by atoms with E-state index in [4.69, 9.17) is 4.74 Å². The fourth-order valence-corrected chi connectivity index (χ4v) is 1.64. The highest BCUT2D eigenvalue weighted by Crippen LogP contribution is 2.13. The maximum atomic E-state index is 12.9. The second-order valence-electron chi connectivity index (χ2n) is 3.70. The van der Waals surface area contributed by atoms with Crippen LogP contribution in [0.15, 0.2) is 18.2 Å². The number of aliphatic hydroxyl groups excluding tert-OH is 1. The molecule has 0 saturated heterocycles. The van der Waals surface area contributed by atoms with Crippen molar-refractivity contribution in [3.8, 4) is 0 Å². The van der Waals surface area contributed by atoms with Crippen molar-refractivity contribution in [3.63, 3.8) is 0 Å². The van der Waals surface area contributed by atoms with E-state index in [0.717, 1.165) is 12.1 Å². The van der Waals surface area contributed by atoms with Crippen molar-refractivity contribution in [2.24, 2.45) is 0 Å². The van der Waals surface area contributed by atoms with Crippen LogP contribution in [0.25, 0.3) is 0 Å². The zero-order valence-electron chi connectivity index (χ0n) is 9.41. The Morgan fingerprint density at radius 2 is 2.00 bits per heavy atom. The molecule has 1 N–H and O–H groups in total. The van der Waals surface area contributed by atoms with Crippen LogP contribution >= 0.6 is 0 Å². The molecule has 2 unspecified atom stereocenters. The third-order valence-corrected chi connectivity index (χ3v) is 2.56. The van der Waals surface area contributed by atoms with E-state index in [9.17, 15) is 13.9 Å². The molecule has 0 saturated carbocycles. The molecule has 0 aromatic heterocycles. The number of rotatable bonds is 5. The molecule has 0 aliphatic heterocycles. The second kappa shape index (κ2) is 5.92. The Bertz CT molecular complexity index is 338. The largest absolute Gasteiger partial charge is 0.390 e. The summed E-state index contributed by atoms with van der Waals surface area (Å²) in [6.45, 7) is 1.89. The fourth-order valence-electron chi connectivity index (χ4n) is 1.64. The SMILES string of the molecule is CCC(OC)C(O)Cc1ccc(F)c(F)c1. The minimum absolute atomic E-state index is 0.254. The van der Waals surface area contributed by atoms with Crippen LogP contribution in [0.4, 0.5) is 8.78 Å². The third-order valence-electron chi connectivity index (χ3n) is 2.56. The topological polar surface area (TPSA) is 29.5 Å². The molecular formula is C12H16F2O2. The summed E-state index contributed by atoms with van der Waals surface area (Å²) in [6.07, 6.45) is -0.0711. The van der Waals surface area contributed by atoms with Gasteiger partial charge in [-0.15, -0.1) is 0 Å². The third kappa shape index (κ3) is 3.25. The van der Waals surface area contributed by atoms with Gasteiger partial charge in [-0.2, -0.15) is 0 Å². The predicted octanol–water partition coefficient (Wildman–Crippen LogP) is 2.29. The average Bonchev–Trinajstić information content (AvgIpc) is 2.25. The molecule has 0 amide bonds. The van der Waals surface area contributed by atoms with E-state index in [1.54, 1.807) is 0 Å². The number of benzene rings is 1. The molecule has 0 fully saturated rings. The number of methoxy groups -OCH3 is 1. The minimum atomic E-state index is -0.893. The first-order valence-electron chi connectivity index (χ1n) is 5.23. The van der Waals surface area contributed by atoms with Gasteiger partial charge < -0.3 is 9.84 Å². The zero-order valence-corrected chi connectivity index (χ0v) is 9.41. The molecule has 0 aliphatic carbocycles. The van der Waals surface area contributed by atoms with Crippen molar-refractivity contribution in [3.05, 3.63) is 35.4 Å². The summed E-state index contributed by atoms with van der Waals surface area (Å²) in [5, 5.41) is 9.78. The molecule has 90 valence electrons. The van der Waals surface area contributed by atoms with Crippen LogP contribution in [-0.2, 0) is 11.2 Å². The molecule has 16 heavy (non-hydrogen) atoms. The number of hydrogen-bond donors (Lipinski definition) is 1. The second-order valence-corrected chi connectivity index (χ2v) is 3.70. The number of hydrogen-bond acceptors (Lipinski definition) is 2. The van der Waals surface area contributed by atoms with Gasteiger partial charge in [0.2, 0.25) is 0 Å². The van der Waals surface area contributed by atoms with Crippen LogP contribution < -0.4 is 0 Å². The van der Waals surface area contributed by atoms with E-state index in [2.05, 4.69) is 0 Å². The molecule has 0 aliphatic rings. The summed E-state index contributed by atoms with van der Waals surface area (Å²) in [6, 6.07) is 3.62. The zero-order chi connectivity index (χ0) is 12.1. The lowest BCUT2D eigenvalue weighted by molar-refractivity contribution is -0.0128. The normalized spacial score (nSPS) is 14.8. The van der Waals surface area contributed by atoms with Crippen molar-refractivity contribution >= 4 is 0 Å². The van der Waals surface area contributed by atoms with Crippen LogP contribution in [0.3, 0.4) is 0 Å². The van der Waals surface area contributed by atoms with Gasteiger partial charge in [-0.25, -0.2) is 8.78 Å². The predicted molar refractivity (Wildman–Crippen MR) is 57.2 cm³/mol. The van der Waals surface area contributed by atoms with Gasteiger partial charge in [0.05, 0.1) is 12.2 Å². The van der Waals surface area contributed by atoms with Gasteiger partial charge in [-0.1, -0.05) is 13.0 Å². The van der Waals surface area contributed by atoms with Gasteiger partial charge in [0.15, 0.2) is 11.6 Å². The summed E-state index contributed by atoms with van der Waals surface area (Å²) in [5.74, 6) is -1.77. The Morgan fingerprint density at radius 1 is 1.31 bits per heavy atom. The maximum Gasteiger partial charge on any atom is 0.159 e. The monoisotopic (exact) mass is 230 g/mol. The van der Waals surface area contributed by atoms with E-state index >= 15 is 0 Å². The molecule has 0 radical (unpaired) electrons. The molecule has 2 nitrogen and oxygen atoms in total. The Kier molecular flexibility index (Phi) is 4.83. The van der Waals surface area contributed by atoms with Crippen LogP contribution in [0.5, 0.6) is 0 Å². The fraction of sp³-hybridized carbons (Fsp3) is 0.500. The molecule has 0 bridgehead atoms. The Hall–Kier alpha value is -1.00. The lowest BCUT2D eigenvalue weighted by Gasteiger charge is -2.20. The highest BCUT2D eigenvalue weighted by atomic mass is 19.2. The summed E-state index contributed by atoms with van der Waals surface area (Å²) >= 11 is 0. The van der Waals surface area contributed by atoms with Gasteiger partial charge in [0, 0.05) is 13.5 Å². The van der Waals surface area contributed by atoms with Crippen molar-refractivity contribution in [2.75, 3.05) is 7.11 Å². The molecule has 1 aromatic rings. The minimum Gasteiger partial charge on any atom is -0.390 e. The Balaban J connectivity index is 2.69. The number of halogens is 2. The Labute approximate surface area is 93.9 Å². The number of aliphatic hydroxyl groups is 1. The van der Waals surface area contributed by atoms with E-state index in [1.165, 1.54) is 13.2 Å². The van der Waals surface area contributed by atoms with Gasteiger partial charge in [0.1, 0.15) is 0 Å².